The number of aryl methyl sites for hydroxylation is 2. The van der Waals surface area contributed by atoms with Gasteiger partial charge in [0.15, 0.2) is 0 Å². The van der Waals surface area contributed by atoms with Crippen molar-refractivity contribution >= 4 is 5.91 Å². The molecular formula is C14H16FN3O. The van der Waals surface area contributed by atoms with Crippen molar-refractivity contribution in [2.75, 3.05) is 0 Å². The zero-order valence-electron chi connectivity index (χ0n) is 11.0. The molecule has 1 aromatic carbocycles. The molecular weight excluding hydrogens is 245 g/mol. The molecule has 0 bridgehead atoms. The van der Waals surface area contributed by atoms with E-state index in [-0.39, 0.29) is 18.3 Å². The topological polar surface area (TPSA) is 46.9 Å². The average Bonchev–Trinajstić information content (AvgIpc) is 2.67. The number of aromatic nitrogens is 2. The van der Waals surface area contributed by atoms with Crippen LogP contribution in [0.25, 0.3) is 0 Å². The summed E-state index contributed by atoms with van der Waals surface area (Å²) in [6.07, 6.45) is 0. The molecule has 19 heavy (non-hydrogen) atoms. The molecule has 0 aliphatic heterocycles. The monoisotopic (exact) mass is 261 g/mol. The lowest BCUT2D eigenvalue weighted by molar-refractivity contribution is -0.122. The van der Waals surface area contributed by atoms with Gasteiger partial charge < -0.3 is 5.32 Å². The number of amides is 1. The number of nitrogens with zero attached hydrogens (tertiary/aromatic N) is 2. The summed E-state index contributed by atoms with van der Waals surface area (Å²) < 4.78 is 14.4. The Kier molecular flexibility index (Phi) is 3.94. The van der Waals surface area contributed by atoms with Crippen molar-refractivity contribution in [2.45, 2.75) is 26.9 Å². The SMILES string of the molecule is Cc1cc(C)n(CC(=O)NCc2ccc(F)cc2)n1. The van der Waals surface area contributed by atoms with Gasteiger partial charge >= 0.3 is 0 Å². The first kappa shape index (κ1) is 13.3. The molecule has 0 fully saturated rings. The lowest BCUT2D eigenvalue weighted by atomic mass is 10.2. The molecule has 4 nitrogen and oxygen atoms in total. The van der Waals surface area contributed by atoms with Crippen LogP contribution in [0.4, 0.5) is 4.39 Å². The molecule has 0 aliphatic carbocycles. The molecule has 0 radical (unpaired) electrons. The molecule has 0 spiro atoms. The summed E-state index contributed by atoms with van der Waals surface area (Å²) in [5, 5.41) is 7.00. The first-order valence-corrected chi connectivity index (χ1v) is 6.07. The molecule has 0 saturated heterocycles. The molecule has 100 valence electrons. The van der Waals surface area contributed by atoms with Gasteiger partial charge in [-0.3, -0.25) is 9.48 Å². The number of nitrogens with one attached hydrogen (secondary N) is 1. The van der Waals surface area contributed by atoms with Gasteiger partial charge in [0.2, 0.25) is 5.91 Å². The van der Waals surface area contributed by atoms with Crippen molar-refractivity contribution in [1.82, 2.24) is 15.1 Å². The third-order valence-corrected chi connectivity index (χ3v) is 2.80. The minimum absolute atomic E-state index is 0.115. The molecule has 2 rings (SSSR count). The highest BCUT2D eigenvalue weighted by Crippen LogP contribution is 2.03. The smallest absolute Gasteiger partial charge is 0.242 e. The van der Waals surface area contributed by atoms with Crippen molar-refractivity contribution in [3.05, 3.63) is 53.1 Å². The Morgan fingerprint density at radius 3 is 2.58 bits per heavy atom. The summed E-state index contributed by atoms with van der Waals surface area (Å²) in [7, 11) is 0. The van der Waals surface area contributed by atoms with Crippen LogP contribution in [0.1, 0.15) is 17.0 Å². The molecule has 1 aromatic heterocycles. The Hall–Kier alpha value is -2.17. The zero-order valence-corrected chi connectivity index (χ0v) is 11.0. The van der Waals surface area contributed by atoms with E-state index in [1.807, 2.05) is 19.9 Å². The Morgan fingerprint density at radius 1 is 1.32 bits per heavy atom. The Morgan fingerprint density at radius 2 is 2.00 bits per heavy atom. The Labute approximate surface area is 111 Å². The van der Waals surface area contributed by atoms with E-state index < -0.39 is 0 Å². The second-order valence-electron chi connectivity index (χ2n) is 4.49. The van der Waals surface area contributed by atoms with E-state index in [4.69, 9.17) is 0 Å². The maximum Gasteiger partial charge on any atom is 0.242 e. The van der Waals surface area contributed by atoms with Gasteiger partial charge in [0.25, 0.3) is 0 Å². The number of carbonyl (C=O) groups excluding carboxylic acids is 1. The van der Waals surface area contributed by atoms with E-state index >= 15 is 0 Å². The predicted octanol–water partition coefficient (Wildman–Crippen LogP) is 1.96. The van der Waals surface area contributed by atoms with Gasteiger partial charge in [0.05, 0.1) is 5.69 Å². The Balaban J connectivity index is 1.88. The number of hydrogen-bond donors (Lipinski definition) is 1. The normalized spacial score (nSPS) is 10.5. The fraction of sp³-hybridized carbons (Fsp3) is 0.286. The molecule has 2 aromatic rings. The molecule has 1 N–H and O–H groups in total. The Bertz CT molecular complexity index is 575. The summed E-state index contributed by atoms with van der Waals surface area (Å²) >= 11 is 0. The fourth-order valence-electron chi connectivity index (χ4n) is 1.83. The van der Waals surface area contributed by atoms with Crippen molar-refractivity contribution in [1.29, 1.82) is 0 Å². The van der Waals surface area contributed by atoms with Gasteiger partial charge in [-0.15, -0.1) is 0 Å². The van der Waals surface area contributed by atoms with Gasteiger partial charge in [-0.25, -0.2) is 4.39 Å². The van der Waals surface area contributed by atoms with Gasteiger partial charge in [-0.05, 0) is 37.6 Å². The van der Waals surface area contributed by atoms with Crippen molar-refractivity contribution < 1.29 is 9.18 Å². The van der Waals surface area contributed by atoms with Crippen LogP contribution < -0.4 is 5.32 Å². The first-order chi connectivity index (χ1) is 9.04. The van der Waals surface area contributed by atoms with E-state index in [0.29, 0.717) is 6.54 Å². The van der Waals surface area contributed by atoms with E-state index in [1.54, 1.807) is 16.8 Å². The fourth-order valence-corrected chi connectivity index (χ4v) is 1.83. The average molecular weight is 261 g/mol. The number of carbonyl (C=O) groups is 1. The van der Waals surface area contributed by atoms with Gasteiger partial charge in [-0.2, -0.15) is 5.10 Å². The lowest BCUT2D eigenvalue weighted by Crippen LogP contribution is -2.27. The zero-order chi connectivity index (χ0) is 13.8. The first-order valence-electron chi connectivity index (χ1n) is 6.07. The van der Waals surface area contributed by atoms with Crippen LogP contribution in [0.5, 0.6) is 0 Å². The molecule has 0 atom stereocenters. The van der Waals surface area contributed by atoms with Crippen LogP contribution in [0.2, 0.25) is 0 Å². The minimum Gasteiger partial charge on any atom is -0.350 e. The largest absolute Gasteiger partial charge is 0.350 e. The number of rotatable bonds is 4. The highest BCUT2D eigenvalue weighted by Gasteiger charge is 2.06. The second-order valence-corrected chi connectivity index (χ2v) is 4.49. The number of halogens is 1. The van der Waals surface area contributed by atoms with Crippen LogP contribution in [-0.4, -0.2) is 15.7 Å². The van der Waals surface area contributed by atoms with Gasteiger partial charge in [-0.1, -0.05) is 12.1 Å². The molecule has 0 aliphatic rings. The summed E-state index contributed by atoms with van der Waals surface area (Å²) in [4.78, 5) is 11.8. The summed E-state index contributed by atoms with van der Waals surface area (Å²) in [6, 6.07) is 7.98. The third-order valence-electron chi connectivity index (χ3n) is 2.80. The van der Waals surface area contributed by atoms with Crippen LogP contribution in [-0.2, 0) is 17.9 Å². The van der Waals surface area contributed by atoms with E-state index in [2.05, 4.69) is 10.4 Å². The number of hydrogen-bond acceptors (Lipinski definition) is 2. The minimum atomic E-state index is -0.280. The summed E-state index contributed by atoms with van der Waals surface area (Å²) in [5.74, 6) is -0.395. The third kappa shape index (κ3) is 3.64. The molecule has 5 heteroatoms. The maximum absolute atomic E-state index is 12.7. The van der Waals surface area contributed by atoms with Gasteiger partial charge in [0.1, 0.15) is 12.4 Å². The standard InChI is InChI=1S/C14H16FN3O/c1-10-7-11(2)18(17-10)9-14(19)16-8-12-3-5-13(15)6-4-12/h3-7H,8-9H2,1-2H3,(H,16,19). The second kappa shape index (κ2) is 5.65. The van der Waals surface area contributed by atoms with Crippen molar-refractivity contribution in [2.24, 2.45) is 0 Å². The van der Waals surface area contributed by atoms with Crippen LogP contribution in [0.3, 0.4) is 0 Å². The van der Waals surface area contributed by atoms with Crippen molar-refractivity contribution in [3.63, 3.8) is 0 Å². The van der Waals surface area contributed by atoms with E-state index in [9.17, 15) is 9.18 Å². The number of benzene rings is 1. The van der Waals surface area contributed by atoms with E-state index in [1.165, 1.54) is 12.1 Å². The highest BCUT2D eigenvalue weighted by atomic mass is 19.1. The highest BCUT2D eigenvalue weighted by molar-refractivity contribution is 5.75. The van der Waals surface area contributed by atoms with Crippen LogP contribution in [0.15, 0.2) is 30.3 Å². The van der Waals surface area contributed by atoms with Crippen molar-refractivity contribution in [3.8, 4) is 0 Å². The molecule has 1 heterocycles. The van der Waals surface area contributed by atoms with Crippen LogP contribution >= 0.6 is 0 Å². The lowest BCUT2D eigenvalue weighted by Gasteiger charge is -2.07. The molecule has 0 unspecified atom stereocenters. The van der Waals surface area contributed by atoms with E-state index in [0.717, 1.165) is 17.0 Å². The van der Waals surface area contributed by atoms with Crippen LogP contribution in [0, 0.1) is 19.7 Å². The quantitative estimate of drug-likeness (QED) is 0.914. The summed E-state index contributed by atoms with van der Waals surface area (Å²) in [5.41, 5.74) is 2.71. The maximum atomic E-state index is 12.7. The predicted molar refractivity (Wildman–Crippen MR) is 69.9 cm³/mol. The summed E-state index contributed by atoms with van der Waals surface area (Å²) in [6.45, 7) is 4.38. The molecule has 1 amide bonds. The van der Waals surface area contributed by atoms with Gasteiger partial charge in [0, 0.05) is 12.2 Å². The molecule has 0 saturated carbocycles.